The molecule has 0 aliphatic carbocycles. The molecule has 0 amide bonds. The van der Waals surface area contributed by atoms with Gasteiger partial charge in [0.2, 0.25) is 0 Å². The molecule has 1 aliphatic rings. The van der Waals surface area contributed by atoms with E-state index in [9.17, 15) is 9.90 Å². The summed E-state index contributed by atoms with van der Waals surface area (Å²) >= 11 is 0. The first kappa shape index (κ1) is 16.0. The highest BCUT2D eigenvalue weighted by Gasteiger charge is 2.18. The number of aliphatic hydroxyl groups excluding tert-OH is 1. The molecule has 1 aromatic rings. The van der Waals surface area contributed by atoms with Crippen molar-refractivity contribution in [2.75, 3.05) is 26.2 Å². The second kappa shape index (κ2) is 8.15. The summed E-state index contributed by atoms with van der Waals surface area (Å²) in [5.74, 6) is 0.839. The van der Waals surface area contributed by atoms with Crippen molar-refractivity contribution in [2.45, 2.75) is 38.7 Å². The highest BCUT2D eigenvalue weighted by atomic mass is 16.5. The van der Waals surface area contributed by atoms with E-state index in [4.69, 9.17) is 4.74 Å². The molecule has 21 heavy (non-hydrogen) atoms. The van der Waals surface area contributed by atoms with Gasteiger partial charge in [-0.15, -0.1) is 0 Å². The molecule has 4 nitrogen and oxygen atoms in total. The topological polar surface area (TPSA) is 51.0 Å². The first-order chi connectivity index (χ1) is 10.2. The van der Waals surface area contributed by atoms with E-state index in [-0.39, 0.29) is 5.78 Å². The Balaban J connectivity index is 1.75. The zero-order chi connectivity index (χ0) is 15.1. The second-order valence-corrected chi connectivity index (χ2v) is 5.78. The Morgan fingerprint density at radius 1 is 1.24 bits per heavy atom. The van der Waals surface area contributed by atoms with Crippen LogP contribution >= 0.6 is 0 Å². The minimum absolute atomic E-state index is 0.135. The molecule has 1 aromatic carbocycles. The standard InChI is InChI=1S/C17H25NO3/c1-2-17(20)14-6-8-16(9-7-14)21-13-15(19)12-18-10-4-3-5-11-18/h6-9,15,19H,2-5,10-13H2,1H3/p+1/t15-/m0/s1. The van der Waals surface area contributed by atoms with Crippen molar-refractivity contribution in [3.63, 3.8) is 0 Å². The number of aliphatic hydroxyl groups is 1. The van der Waals surface area contributed by atoms with E-state index in [1.54, 1.807) is 24.3 Å². The van der Waals surface area contributed by atoms with Gasteiger partial charge < -0.3 is 14.7 Å². The molecule has 0 saturated carbocycles. The first-order valence-electron chi connectivity index (χ1n) is 7.96. The summed E-state index contributed by atoms with van der Waals surface area (Å²) in [7, 11) is 0. The number of rotatable bonds is 7. The number of carbonyl (C=O) groups is 1. The number of Topliss-reactive ketones (excluding diaryl/α,β-unsaturated/α-hetero) is 1. The Hall–Kier alpha value is -1.39. The number of carbonyl (C=O) groups excluding carboxylic acids is 1. The van der Waals surface area contributed by atoms with Gasteiger partial charge >= 0.3 is 0 Å². The summed E-state index contributed by atoms with van der Waals surface area (Å²) in [6.45, 7) is 5.23. The SMILES string of the molecule is CCC(=O)c1ccc(OC[C@@H](O)C[NH+]2CCCCC2)cc1. The third-order valence-electron chi connectivity index (χ3n) is 4.02. The van der Waals surface area contributed by atoms with Crippen LogP contribution in [0.3, 0.4) is 0 Å². The van der Waals surface area contributed by atoms with Crippen LogP contribution in [0.25, 0.3) is 0 Å². The van der Waals surface area contributed by atoms with Crippen LogP contribution in [0, 0.1) is 0 Å². The molecular weight excluding hydrogens is 266 g/mol. The van der Waals surface area contributed by atoms with Gasteiger partial charge in [-0.3, -0.25) is 4.79 Å². The summed E-state index contributed by atoms with van der Waals surface area (Å²) in [5.41, 5.74) is 0.711. The predicted octanol–water partition coefficient (Wildman–Crippen LogP) is 1.09. The molecule has 1 fully saturated rings. The zero-order valence-electron chi connectivity index (χ0n) is 12.8. The van der Waals surface area contributed by atoms with Crippen LogP contribution in [0.4, 0.5) is 0 Å². The molecule has 0 aromatic heterocycles. The third kappa shape index (κ3) is 5.14. The summed E-state index contributed by atoms with van der Waals surface area (Å²) in [6, 6.07) is 7.15. The Morgan fingerprint density at radius 2 is 1.90 bits per heavy atom. The van der Waals surface area contributed by atoms with Crippen molar-refractivity contribution in [3.05, 3.63) is 29.8 Å². The summed E-state index contributed by atoms with van der Waals surface area (Å²) < 4.78 is 5.60. The number of hydrogen-bond acceptors (Lipinski definition) is 3. The molecule has 116 valence electrons. The highest BCUT2D eigenvalue weighted by Crippen LogP contribution is 2.13. The van der Waals surface area contributed by atoms with Crippen LogP contribution in [0.2, 0.25) is 0 Å². The Labute approximate surface area is 126 Å². The van der Waals surface area contributed by atoms with E-state index >= 15 is 0 Å². The number of quaternary nitrogens is 1. The van der Waals surface area contributed by atoms with E-state index in [1.807, 2.05) is 6.92 Å². The molecule has 2 rings (SSSR count). The predicted molar refractivity (Wildman–Crippen MR) is 82.0 cm³/mol. The van der Waals surface area contributed by atoms with Gasteiger partial charge in [-0.05, 0) is 43.5 Å². The Morgan fingerprint density at radius 3 is 2.52 bits per heavy atom. The maximum atomic E-state index is 11.5. The van der Waals surface area contributed by atoms with Crippen molar-refractivity contribution < 1.29 is 19.5 Å². The lowest BCUT2D eigenvalue weighted by Crippen LogP contribution is -3.14. The van der Waals surface area contributed by atoms with Crippen LogP contribution < -0.4 is 9.64 Å². The van der Waals surface area contributed by atoms with Crippen LogP contribution in [0.15, 0.2) is 24.3 Å². The van der Waals surface area contributed by atoms with Crippen LogP contribution in [0.5, 0.6) is 5.75 Å². The average molecular weight is 292 g/mol. The quantitative estimate of drug-likeness (QED) is 0.740. The molecule has 1 aliphatic heterocycles. The molecule has 2 N–H and O–H groups in total. The minimum atomic E-state index is -0.435. The fourth-order valence-electron chi connectivity index (χ4n) is 2.78. The van der Waals surface area contributed by atoms with E-state index in [0.29, 0.717) is 24.3 Å². The summed E-state index contributed by atoms with van der Waals surface area (Å²) in [4.78, 5) is 13.0. The van der Waals surface area contributed by atoms with E-state index in [1.165, 1.54) is 24.2 Å². The number of likely N-dealkylation sites (tertiary alicyclic amines) is 1. The molecule has 1 atom stereocenters. The molecule has 0 radical (unpaired) electrons. The fraction of sp³-hybridized carbons (Fsp3) is 0.588. The van der Waals surface area contributed by atoms with Gasteiger partial charge in [0, 0.05) is 12.0 Å². The number of nitrogens with one attached hydrogen (secondary N) is 1. The molecule has 0 unspecified atom stereocenters. The maximum Gasteiger partial charge on any atom is 0.162 e. The van der Waals surface area contributed by atoms with Gasteiger partial charge in [0.15, 0.2) is 5.78 Å². The zero-order valence-corrected chi connectivity index (χ0v) is 12.8. The molecular formula is C17H26NO3+. The van der Waals surface area contributed by atoms with Crippen molar-refractivity contribution in [2.24, 2.45) is 0 Å². The molecule has 0 bridgehead atoms. The smallest absolute Gasteiger partial charge is 0.162 e. The van der Waals surface area contributed by atoms with Crippen molar-refractivity contribution in [1.82, 2.24) is 0 Å². The second-order valence-electron chi connectivity index (χ2n) is 5.78. The summed E-state index contributed by atoms with van der Waals surface area (Å²) in [6.07, 6.45) is 3.91. The number of ketones is 1. The van der Waals surface area contributed by atoms with Crippen molar-refractivity contribution >= 4 is 5.78 Å². The molecule has 1 saturated heterocycles. The Kier molecular flexibility index (Phi) is 6.21. The third-order valence-corrected chi connectivity index (χ3v) is 4.02. The monoisotopic (exact) mass is 292 g/mol. The van der Waals surface area contributed by atoms with Gasteiger partial charge in [-0.1, -0.05) is 6.92 Å². The largest absolute Gasteiger partial charge is 0.491 e. The molecule has 1 heterocycles. The normalized spacial score (nSPS) is 17.4. The van der Waals surface area contributed by atoms with Gasteiger partial charge in [-0.2, -0.15) is 0 Å². The number of benzene rings is 1. The van der Waals surface area contributed by atoms with Gasteiger partial charge in [-0.25, -0.2) is 0 Å². The van der Waals surface area contributed by atoms with Crippen LogP contribution in [-0.2, 0) is 0 Å². The van der Waals surface area contributed by atoms with Crippen LogP contribution in [0.1, 0.15) is 43.0 Å². The van der Waals surface area contributed by atoms with E-state index in [0.717, 1.165) is 19.6 Å². The van der Waals surface area contributed by atoms with Gasteiger partial charge in [0.1, 0.15) is 25.0 Å². The maximum absolute atomic E-state index is 11.5. The number of hydrogen-bond donors (Lipinski definition) is 2. The van der Waals surface area contributed by atoms with Gasteiger partial charge in [0.25, 0.3) is 0 Å². The van der Waals surface area contributed by atoms with E-state index < -0.39 is 6.10 Å². The van der Waals surface area contributed by atoms with Gasteiger partial charge in [0.05, 0.1) is 13.1 Å². The average Bonchev–Trinajstić information content (AvgIpc) is 2.53. The fourth-order valence-corrected chi connectivity index (χ4v) is 2.78. The lowest BCUT2D eigenvalue weighted by Gasteiger charge is -2.25. The number of ether oxygens (including phenoxy) is 1. The molecule has 0 spiro atoms. The number of piperidine rings is 1. The van der Waals surface area contributed by atoms with Crippen LogP contribution in [-0.4, -0.2) is 43.2 Å². The Bertz CT molecular complexity index is 438. The van der Waals surface area contributed by atoms with E-state index in [2.05, 4.69) is 0 Å². The lowest BCUT2D eigenvalue weighted by atomic mass is 10.1. The highest BCUT2D eigenvalue weighted by molar-refractivity contribution is 5.95. The molecule has 4 heteroatoms. The summed E-state index contributed by atoms with van der Waals surface area (Å²) in [5, 5.41) is 10.0. The lowest BCUT2D eigenvalue weighted by molar-refractivity contribution is -0.908. The first-order valence-corrected chi connectivity index (χ1v) is 7.96. The van der Waals surface area contributed by atoms with Crippen molar-refractivity contribution in [1.29, 1.82) is 0 Å². The minimum Gasteiger partial charge on any atom is -0.491 e. The van der Waals surface area contributed by atoms with Crippen molar-refractivity contribution in [3.8, 4) is 5.75 Å².